The van der Waals surface area contributed by atoms with Crippen LogP contribution in [0.15, 0.2) is 54.6 Å². The topological polar surface area (TPSA) is 26.3 Å². The zero-order chi connectivity index (χ0) is 22.0. The van der Waals surface area contributed by atoms with E-state index in [0.717, 1.165) is 23.6 Å². The Morgan fingerprint density at radius 2 is 1.29 bits per heavy atom. The molecule has 0 radical (unpaired) electrons. The summed E-state index contributed by atoms with van der Waals surface area (Å²) in [6.45, 7) is 2.79. The zero-order valence-corrected chi connectivity index (χ0v) is 19.6. The highest BCUT2D eigenvalue weighted by Crippen LogP contribution is 2.16. The van der Waals surface area contributed by atoms with Crippen molar-refractivity contribution in [3.8, 4) is 0 Å². The van der Waals surface area contributed by atoms with E-state index in [1.54, 1.807) is 0 Å². The first-order valence-corrected chi connectivity index (χ1v) is 12.6. The molecule has 0 aromatic heterocycles. The molecule has 31 heavy (non-hydrogen) atoms. The fourth-order valence-electron chi connectivity index (χ4n) is 3.91. The van der Waals surface area contributed by atoms with Gasteiger partial charge in [-0.2, -0.15) is 0 Å². The lowest BCUT2D eigenvalue weighted by molar-refractivity contribution is 0.0498. The van der Waals surface area contributed by atoms with Crippen LogP contribution in [0.4, 0.5) is 0 Å². The van der Waals surface area contributed by atoms with Gasteiger partial charge in [0.1, 0.15) is 0 Å². The molecule has 0 atom stereocenters. The minimum absolute atomic E-state index is 0.210. The van der Waals surface area contributed by atoms with E-state index < -0.39 is 0 Å². The van der Waals surface area contributed by atoms with Gasteiger partial charge in [-0.15, -0.1) is 0 Å². The van der Waals surface area contributed by atoms with E-state index in [1.165, 1.54) is 77.0 Å². The summed E-state index contributed by atoms with van der Waals surface area (Å²) in [7, 11) is 0. The fraction of sp³-hybridized carbons (Fsp3) is 0.552. The molecule has 2 heteroatoms. The average molecular weight is 423 g/mol. The summed E-state index contributed by atoms with van der Waals surface area (Å²) < 4.78 is 5.45. The minimum atomic E-state index is -0.210. The molecule has 0 aliphatic heterocycles. The van der Waals surface area contributed by atoms with Crippen molar-refractivity contribution in [2.75, 3.05) is 6.61 Å². The van der Waals surface area contributed by atoms with Gasteiger partial charge in [0.05, 0.1) is 12.2 Å². The van der Waals surface area contributed by atoms with Crippen LogP contribution in [0.1, 0.15) is 107 Å². The highest BCUT2D eigenvalue weighted by atomic mass is 16.5. The van der Waals surface area contributed by atoms with Gasteiger partial charge in [-0.3, -0.25) is 0 Å². The van der Waals surface area contributed by atoms with E-state index >= 15 is 0 Å². The van der Waals surface area contributed by atoms with Crippen LogP contribution in [0.5, 0.6) is 0 Å². The Labute approximate surface area is 190 Å². The lowest BCUT2D eigenvalue weighted by atomic mass is 10.1. The van der Waals surface area contributed by atoms with Crippen LogP contribution in [-0.4, -0.2) is 12.6 Å². The zero-order valence-electron chi connectivity index (χ0n) is 19.6. The molecule has 0 bridgehead atoms. The number of hydrogen-bond acceptors (Lipinski definition) is 2. The summed E-state index contributed by atoms with van der Waals surface area (Å²) in [5.41, 5.74) is 0.642. The normalized spacial score (nSPS) is 11.4. The molecule has 0 N–H and O–H groups in total. The molecule has 0 unspecified atom stereocenters. The highest BCUT2D eigenvalue weighted by Gasteiger charge is 2.07. The second-order valence-corrected chi connectivity index (χ2v) is 8.64. The lowest BCUT2D eigenvalue weighted by Gasteiger charge is -2.06. The number of hydrogen-bond donors (Lipinski definition) is 0. The Kier molecular flexibility index (Phi) is 13.5. The molecular weight excluding hydrogens is 380 g/mol. The van der Waals surface area contributed by atoms with Gasteiger partial charge in [0.25, 0.3) is 0 Å². The van der Waals surface area contributed by atoms with Gasteiger partial charge in [-0.05, 0) is 55.0 Å². The third kappa shape index (κ3) is 11.2. The van der Waals surface area contributed by atoms with Crippen LogP contribution in [0.25, 0.3) is 10.8 Å². The molecule has 0 amide bonds. The van der Waals surface area contributed by atoms with E-state index in [-0.39, 0.29) is 5.97 Å². The summed E-state index contributed by atoms with van der Waals surface area (Å²) in [5.74, 6) is -0.210. The Hall–Kier alpha value is -2.09. The summed E-state index contributed by atoms with van der Waals surface area (Å²) in [6, 6.07) is 13.8. The molecule has 2 nitrogen and oxygen atoms in total. The van der Waals surface area contributed by atoms with E-state index in [9.17, 15) is 4.79 Å². The maximum atomic E-state index is 12.2. The maximum Gasteiger partial charge on any atom is 0.338 e. The molecule has 0 heterocycles. The molecule has 2 aromatic carbocycles. The third-order valence-electron chi connectivity index (χ3n) is 5.87. The second-order valence-electron chi connectivity index (χ2n) is 8.64. The molecule has 0 aliphatic rings. The number of fused-ring (bicyclic) bond motifs is 1. The van der Waals surface area contributed by atoms with Crippen LogP contribution in [0.3, 0.4) is 0 Å². The molecule has 2 rings (SSSR count). The van der Waals surface area contributed by atoms with Gasteiger partial charge in [0.15, 0.2) is 0 Å². The number of esters is 1. The molecule has 0 spiro atoms. The maximum absolute atomic E-state index is 12.2. The van der Waals surface area contributed by atoms with Crippen LogP contribution in [0.2, 0.25) is 0 Å². The summed E-state index contributed by atoms with van der Waals surface area (Å²) in [5, 5.41) is 2.22. The third-order valence-corrected chi connectivity index (χ3v) is 5.87. The number of rotatable bonds is 17. The first-order valence-electron chi connectivity index (χ1n) is 12.6. The van der Waals surface area contributed by atoms with Crippen molar-refractivity contribution in [1.29, 1.82) is 0 Å². The van der Waals surface area contributed by atoms with E-state index in [4.69, 9.17) is 4.74 Å². The number of allylic oxidation sites excluding steroid dienone is 2. The SMILES string of the molecule is CCCCCCCC/C=C\CCCCCCCCOC(=O)c1ccc2ccccc2c1. The Bertz CT molecular complexity index is 762. The van der Waals surface area contributed by atoms with Gasteiger partial charge in [-0.25, -0.2) is 4.79 Å². The van der Waals surface area contributed by atoms with Gasteiger partial charge in [0.2, 0.25) is 0 Å². The van der Waals surface area contributed by atoms with E-state index in [0.29, 0.717) is 12.2 Å². The van der Waals surface area contributed by atoms with Crippen molar-refractivity contribution in [1.82, 2.24) is 0 Å². The Morgan fingerprint density at radius 3 is 1.97 bits per heavy atom. The van der Waals surface area contributed by atoms with E-state index in [1.807, 2.05) is 36.4 Å². The summed E-state index contributed by atoms with van der Waals surface area (Å²) in [6.07, 6.45) is 22.7. The van der Waals surface area contributed by atoms with Crippen molar-refractivity contribution in [3.63, 3.8) is 0 Å². The quantitative estimate of drug-likeness (QED) is 0.144. The lowest BCUT2D eigenvalue weighted by Crippen LogP contribution is -2.06. The van der Waals surface area contributed by atoms with E-state index in [2.05, 4.69) is 25.1 Å². The van der Waals surface area contributed by atoms with Crippen molar-refractivity contribution >= 4 is 16.7 Å². The average Bonchev–Trinajstić information content (AvgIpc) is 2.80. The number of carbonyl (C=O) groups is 1. The van der Waals surface area contributed by atoms with Gasteiger partial charge < -0.3 is 4.74 Å². The largest absolute Gasteiger partial charge is 0.462 e. The molecule has 170 valence electrons. The van der Waals surface area contributed by atoms with Crippen LogP contribution >= 0.6 is 0 Å². The number of ether oxygens (including phenoxy) is 1. The summed E-state index contributed by atoms with van der Waals surface area (Å²) in [4.78, 5) is 12.2. The Balaban J connectivity index is 1.40. The fourth-order valence-corrected chi connectivity index (χ4v) is 3.91. The van der Waals surface area contributed by atoms with Gasteiger partial charge >= 0.3 is 5.97 Å². The predicted octanol–water partition coefficient (Wildman–Crippen LogP) is 9.03. The van der Waals surface area contributed by atoms with Crippen molar-refractivity contribution in [2.45, 2.75) is 96.8 Å². The standard InChI is InChI=1S/C29H42O2/c1-2-3-4-5-6-7-8-9-10-11-12-13-14-15-16-19-24-31-29(30)28-23-22-26-20-17-18-21-27(26)25-28/h9-10,17-18,20-23,25H,2-8,11-16,19,24H2,1H3/b10-9-. The summed E-state index contributed by atoms with van der Waals surface area (Å²) >= 11 is 0. The van der Waals surface area contributed by atoms with Gasteiger partial charge in [-0.1, -0.05) is 107 Å². The molecule has 0 saturated carbocycles. The first-order chi connectivity index (χ1) is 15.3. The predicted molar refractivity (Wildman–Crippen MR) is 134 cm³/mol. The number of carbonyl (C=O) groups excluding carboxylic acids is 1. The Morgan fingerprint density at radius 1 is 0.710 bits per heavy atom. The van der Waals surface area contributed by atoms with Crippen LogP contribution in [-0.2, 0) is 4.74 Å². The van der Waals surface area contributed by atoms with Crippen molar-refractivity contribution < 1.29 is 9.53 Å². The smallest absolute Gasteiger partial charge is 0.338 e. The molecule has 0 fully saturated rings. The second kappa shape index (κ2) is 16.6. The molecule has 0 aliphatic carbocycles. The monoisotopic (exact) mass is 422 g/mol. The molecule has 0 saturated heterocycles. The van der Waals surface area contributed by atoms with Gasteiger partial charge in [0, 0.05) is 0 Å². The first kappa shape index (κ1) is 25.2. The number of benzene rings is 2. The molecule has 2 aromatic rings. The van der Waals surface area contributed by atoms with Crippen LogP contribution in [0, 0.1) is 0 Å². The van der Waals surface area contributed by atoms with Crippen LogP contribution < -0.4 is 0 Å². The minimum Gasteiger partial charge on any atom is -0.462 e. The van der Waals surface area contributed by atoms with Crippen molar-refractivity contribution in [3.05, 3.63) is 60.2 Å². The number of unbranched alkanes of at least 4 members (excludes halogenated alkanes) is 12. The highest BCUT2D eigenvalue weighted by molar-refractivity contribution is 5.95. The molecular formula is C29H42O2. The van der Waals surface area contributed by atoms with Crippen molar-refractivity contribution in [2.24, 2.45) is 0 Å².